The zero-order chi connectivity index (χ0) is 15.4. The molecule has 0 unspecified atom stereocenters. The third-order valence-electron chi connectivity index (χ3n) is 3.88. The van der Waals surface area contributed by atoms with Gasteiger partial charge in [-0.15, -0.1) is 0 Å². The Balaban J connectivity index is 2.00. The molecule has 21 heavy (non-hydrogen) atoms. The maximum Gasteiger partial charge on any atom is 0.173 e. The average Bonchev–Trinajstić information content (AvgIpc) is 2.44. The van der Waals surface area contributed by atoms with Crippen LogP contribution in [0.1, 0.15) is 24.0 Å². The zero-order valence-electron chi connectivity index (χ0n) is 12.5. The molecule has 0 heterocycles. The second kappa shape index (κ2) is 6.78. The van der Waals surface area contributed by atoms with E-state index >= 15 is 0 Å². The van der Waals surface area contributed by atoms with Gasteiger partial charge in [0.05, 0.1) is 18.8 Å². The van der Waals surface area contributed by atoms with Crippen molar-refractivity contribution in [2.24, 2.45) is 16.8 Å². The topological polar surface area (TPSA) is 91.3 Å². The van der Waals surface area contributed by atoms with Gasteiger partial charge in [0.1, 0.15) is 5.75 Å². The summed E-state index contributed by atoms with van der Waals surface area (Å²) in [6.07, 6.45) is 1.69. The lowest BCUT2D eigenvalue weighted by Crippen LogP contribution is -2.36. The molecular weight excluding hydrogens is 270 g/mol. The Kier molecular flexibility index (Phi) is 5.03. The molecule has 1 aromatic rings. The SMILES string of the molecule is COc1cc(CN(C)CC2CC(O)C2)ccc1/C(N)=N/O. The van der Waals surface area contributed by atoms with E-state index in [-0.39, 0.29) is 11.9 Å². The van der Waals surface area contributed by atoms with Crippen LogP contribution < -0.4 is 10.5 Å². The number of nitrogens with zero attached hydrogens (tertiary/aromatic N) is 2. The summed E-state index contributed by atoms with van der Waals surface area (Å²) in [4.78, 5) is 2.23. The zero-order valence-corrected chi connectivity index (χ0v) is 12.5. The molecule has 1 fully saturated rings. The second-order valence-corrected chi connectivity index (χ2v) is 5.71. The van der Waals surface area contributed by atoms with Crippen LogP contribution in [0.5, 0.6) is 5.75 Å². The lowest BCUT2D eigenvalue weighted by Gasteiger charge is -2.34. The van der Waals surface area contributed by atoms with Crippen LogP contribution in [-0.4, -0.2) is 47.9 Å². The van der Waals surface area contributed by atoms with Crippen LogP contribution in [0.4, 0.5) is 0 Å². The van der Waals surface area contributed by atoms with Gasteiger partial charge in [-0.2, -0.15) is 0 Å². The van der Waals surface area contributed by atoms with Crippen molar-refractivity contribution >= 4 is 5.84 Å². The first kappa shape index (κ1) is 15.6. The molecule has 1 aliphatic rings. The standard InChI is InChI=1S/C15H23N3O3/c1-18(9-11-5-12(19)6-11)8-10-3-4-13(15(16)17-20)14(7-10)21-2/h3-4,7,11-12,19-20H,5-6,8-9H2,1-2H3,(H2,16,17). The van der Waals surface area contributed by atoms with Crippen molar-refractivity contribution in [2.45, 2.75) is 25.5 Å². The number of ether oxygens (including phenoxy) is 1. The molecular formula is C15H23N3O3. The minimum Gasteiger partial charge on any atom is -0.496 e. The molecule has 6 nitrogen and oxygen atoms in total. The van der Waals surface area contributed by atoms with E-state index in [1.165, 1.54) is 0 Å². The Morgan fingerprint density at radius 2 is 2.19 bits per heavy atom. The predicted octanol–water partition coefficient (Wildman–Crippen LogP) is 0.992. The van der Waals surface area contributed by atoms with Crippen molar-refractivity contribution in [1.82, 2.24) is 4.90 Å². The number of rotatable bonds is 6. The summed E-state index contributed by atoms with van der Waals surface area (Å²) in [5.74, 6) is 1.22. The largest absolute Gasteiger partial charge is 0.496 e. The minimum absolute atomic E-state index is 0.0372. The highest BCUT2D eigenvalue weighted by atomic mass is 16.5. The van der Waals surface area contributed by atoms with Gasteiger partial charge < -0.3 is 25.7 Å². The molecule has 0 radical (unpaired) electrons. The molecule has 2 rings (SSSR count). The Hall–Kier alpha value is -1.79. The van der Waals surface area contributed by atoms with E-state index in [9.17, 15) is 5.11 Å². The van der Waals surface area contributed by atoms with Gasteiger partial charge in [-0.05, 0) is 43.5 Å². The van der Waals surface area contributed by atoms with Crippen molar-refractivity contribution in [3.05, 3.63) is 29.3 Å². The Labute approximate surface area is 124 Å². The Morgan fingerprint density at radius 1 is 1.48 bits per heavy atom. The normalized spacial score (nSPS) is 22.2. The molecule has 1 aliphatic carbocycles. The van der Waals surface area contributed by atoms with Crippen molar-refractivity contribution in [1.29, 1.82) is 0 Å². The minimum atomic E-state index is -0.108. The van der Waals surface area contributed by atoms with Gasteiger partial charge in [0.15, 0.2) is 5.84 Å². The van der Waals surface area contributed by atoms with E-state index in [0.717, 1.165) is 31.5 Å². The lowest BCUT2D eigenvalue weighted by molar-refractivity contribution is 0.0274. The number of methoxy groups -OCH3 is 1. The molecule has 6 heteroatoms. The number of hydrogen-bond acceptors (Lipinski definition) is 5. The second-order valence-electron chi connectivity index (χ2n) is 5.71. The molecule has 0 spiro atoms. The van der Waals surface area contributed by atoms with Gasteiger partial charge in [-0.1, -0.05) is 11.2 Å². The fourth-order valence-corrected chi connectivity index (χ4v) is 2.77. The first-order valence-corrected chi connectivity index (χ1v) is 7.05. The maximum absolute atomic E-state index is 9.32. The molecule has 0 saturated heterocycles. The number of nitrogens with two attached hydrogens (primary N) is 1. The summed E-state index contributed by atoms with van der Waals surface area (Å²) >= 11 is 0. The summed E-state index contributed by atoms with van der Waals surface area (Å²) < 4.78 is 5.29. The van der Waals surface area contributed by atoms with Crippen LogP contribution in [-0.2, 0) is 6.54 Å². The number of amidine groups is 1. The van der Waals surface area contributed by atoms with E-state index < -0.39 is 0 Å². The van der Waals surface area contributed by atoms with Gasteiger partial charge in [0.2, 0.25) is 0 Å². The highest BCUT2D eigenvalue weighted by molar-refractivity contribution is 5.99. The van der Waals surface area contributed by atoms with Crippen LogP contribution in [0.3, 0.4) is 0 Å². The van der Waals surface area contributed by atoms with Gasteiger partial charge in [0, 0.05) is 13.1 Å². The van der Waals surface area contributed by atoms with E-state index in [2.05, 4.69) is 17.1 Å². The van der Waals surface area contributed by atoms with Crippen LogP contribution in [0, 0.1) is 5.92 Å². The number of oxime groups is 1. The fourth-order valence-electron chi connectivity index (χ4n) is 2.77. The Bertz CT molecular complexity index is 513. The van der Waals surface area contributed by atoms with Crippen molar-refractivity contribution < 1.29 is 15.1 Å². The van der Waals surface area contributed by atoms with E-state index in [1.807, 2.05) is 12.1 Å². The lowest BCUT2D eigenvalue weighted by atomic mass is 9.82. The molecule has 0 bridgehead atoms. The first-order valence-electron chi connectivity index (χ1n) is 7.05. The quantitative estimate of drug-likeness (QED) is 0.315. The van der Waals surface area contributed by atoms with Gasteiger partial charge >= 0.3 is 0 Å². The average molecular weight is 293 g/mol. The molecule has 0 amide bonds. The number of benzene rings is 1. The molecule has 4 N–H and O–H groups in total. The van der Waals surface area contributed by atoms with Crippen LogP contribution in [0.15, 0.2) is 23.4 Å². The van der Waals surface area contributed by atoms with Gasteiger partial charge in [0.25, 0.3) is 0 Å². The van der Waals surface area contributed by atoms with Gasteiger partial charge in [-0.25, -0.2) is 0 Å². The first-order chi connectivity index (χ1) is 10.0. The Morgan fingerprint density at radius 3 is 2.76 bits per heavy atom. The van der Waals surface area contributed by atoms with Crippen LogP contribution in [0.25, 0.3) is 0 Å². The maximum atomic E-state index is 9.32. The summed E-state index contributed by atoms with van der Waals surface area (Å²) in [7, 11) is 3.63. The number of hydrogen-bond donors (Lipinski definition) is 3. The predicted molar refractivity (Wildman–Crippen MR) is 80.6 cm³/mol. The molecule has 1 aromatic carbocycles. The van der Waals surface area contributed by atoms with E-state index in [0.29, 0.717) is 17.2 Å². The number of aliphatic hydroxyl groups excluding tert-OH is 1. The van der Waals surface area contributed by atoms with Crippen molar-refractivity contribution in [3.8, 4) is 5.75 Å². The summed E-state index contributed by atoms with van der Waals surface area (Å²) in [6.45, 7) is 1.76. The third kappa shape index (κ3) is 3.86. The summed E-state index contributed by atoms with van der Waals surface area (Å²) in [6, 6.07) is 5.64. The molecule has 0 atom stereocenters. The third-order valence-corrected chi connectivity index (χ3v) is 3.88. The van der Waals surface area contributed by atoms with Gasteiger partial charge in [-0.3, -0.25) is 0 Å². The van der Waals surface area contributed by atoms with Crippen LogP contribution in [0.2, 0.25) is 0 Å². The molecule has 0 aliphatic heterocycles. The van der Waals surface area contributed by atoms with Crippen molar-refractivity contribution in [2.75, 3.05) is 20.7 Å². The highest BCUT2D eigenvalue weighted by Crippen LogP contribution is 2.28. The molecule has 0 aromatic heterocycles. The van der Waals surface area contributed by atoms with E-state index in [1.54, 1.807) is 13.2 Å². The van der Waals surface area contributed by atoms with Crippen molar-refractivity contribution in [3.63, 3.8) is 0 Å². The molecule has 116 valence electrons. The molecule has 1 saturated carbocycles. The smallest absolute Gasteiger partial charge is 0.173 e. The summed E-state index contributed by atoms with van der Waals surface area (Å²) in [5, 5.41) is 21.1. The summed E-state index contributed by atoms with van der Waals surface area (Å²) in [5.41, 5.74) is 7.29. The van der Waals surface area contributed by atoms with Crippen LogP contribution >= 0.6 is 0 Å². The highest BCUT2D eigenvalue weighted by Gasteiger charge is 2.27. The number of aliphatic hydroxyl groups is 1. The fraction of sp³-hybridized carbons (Fsp3) is 0.533. The van der Waals surface area contributed by atoms with E-state index in [4.69, 9.17) is 15.7 Å². The monoisotopic (exact) mass is 293 g/mol.